The summed E-state index contributed by atoms with van der Waals surface area (Å²) < 4.78 is 0. The summed E-state index contributed by atoms with van der Waals surface area (Å²) in [5, 5.41) is 22.0. The molecule has 2 saturated carbocycles. The van der Waals surface area contributed by atoms with E-state index in [1.54, 1.807) is 6.20 Å². The van der Waals surface area contributed by atoms with Crippen LogP contribution in [-0.2, 0) is 6.42 Å². The third-order valence-corrected chi connectivity index (χ3v) is 6.16. The van der Waals surface area contributed by atoms with Crippen LogP contribution in [0.4, 0.5) is 0 Å². The van der Waals surface area contributed by atoms with Gasteiger partial charge in [-0.15, -0.1) is 0 Å². The number of nitrogens with zero attached hydrogens (tertiary/aromatic N) is 1. The van der Waals surface area contributed by atoms with Crippen molar-refractivity contribution in [3.63, 3.8) is 0 Å². The molecule has 20 heavy (non-hydrogen) atoms. The molecular formula is C17H23NO2. The Morgan fingerprint density at radius 2 is 2.10 bits per heavy atom. The van der Waals surface area contributed by atoms with Crippen LogP contribution < -0.4 is 0 Å². The topological polar surface area (TPSA) is 53.4 Å². The number of hydrogen-bond donors (Lipinski definition) is 2. The molecule has 1 heterocycles. The number of rotatable bonds is 0. The molecular weight excluding hydrogens is 250 g/mol. The summed E-state index contributed by atoms with van der Waals surface area (Å²) in [5.74, 6) is 0.847. The lowest BCUT2D eigenvalue weighted by atomic mass is 9.54. The Morgan fingerprint density at radius 1 is 1.20 bits per heavy atom. The fourth-order valence-corrected chi connectivity index (χ4v) is 5.14. The second-order valence-corrected chi connectivity index (χ2v) is 6.97. The Labute approximate surface area is 120 Å². The van der Waals surface area contributed by atoms with Gasteiger partial charge >= 0.3 is 0 Å². The van der Waals surface area contributed by atoms with Crippen molar-refractivity contribution >= 4 is 0 Å². The predicted molar refractivity (Wildman–Crippen MR) is 76.0 cm³/mol. The standard InChI is InChI=1S/C17H23NO2/c19-16-12-7-6-11-4-1-2-8-17(11,20)14(12)10-15-13(16)5-3-9-18-15/h3,5,9,11-12,14,16,19-20H,1-2,4,6-8,10H2/t11-,12+,14+,16-,17+/m1/s1. The molecule has 2 fully saturated rings. The fourth-order valence-electron chi connectivity index (χ4n) is 5.14. The molecule has 3 nitrogen and oxygen atoms in total. The van der Waals surface area contributed by atoms with Crippen LogP contribution in [0.1, 0.15) is 55.9 Å². The molecule has 0 aromatic carbocycles. The fraction of sp³-hybridized carbons (Fsp3) is 0.706. The molecule has 3 aliphatic rings. The summed E-state index contributed by atoms with van der Waals surface area (Å²) in [6.07, 6.45) is 8.77. The Hall–Kier alpha value is -0.930. The average Bonchev–Trinajstić information content (AvgIpc) is 2.47. The molecule has 0 saturated heterocycles. The largest absolute Gasteiger partial charge is 0.389 e. The number of aliphatic hydroxyl groups excluding tert-OH is 1. The van der Waals surface area contributed by atoms with Gasteiger partial charge in [-0.1, -0.05) is 18.9 Å². The highest BCUT2D eigenvalue weighted by molar-refractivity contribution is 5.28. The van der Waals surface area contributed by atoms with Gasteiger partial charge in [0.2, 0.25) is 0 Å². The first-order chi connectivity index (χ1) is 9.70. The lowest BCUT2D eigenvalue weighted by molar-refractivity contribution is -0.161. The molecule has 0 bridgehead atoms. The predicted octanol–water partition coefficient (Wildman–Crippen LogP) is 2.62. The van der Waals surface area contributed by atoms with Crippen LogP contribution in [0.5, 0.6) is 0 Å². The van der Waals surface area contributed by atoms with Crippen LogP contribution >= 0.6 is 0 Å². The lowest BCUT2D eigenvalue weighted by Crippen LogP contribution is -2.56. The third kappa shape index (κ3) is 1.69. The molecule has 1 aromatic rings. The van der Waals surface area contributed by atoms with E-state index in [0.29, 0.717) is 5.92 Å². The summed E-state index contributed by atoms with van der Waals surface area (Å²) in [6, 6.07) is 3.91. The second kappa shape index (κ2) is 4.54. The molecule has 0 spiro atoms. The monoisotopic (exact) mass is 273 g/mol. The van der Waals surface area contributed by atoms with Gasteiger partial charge in [-0.25, -0.2) is 0 Å². The van der Waals surface area contributed by atoms with Crippen LogP contribution in [0.2, 0.25) is 0 Å². The van der Waals surface area contributed by atoms with Gasteiger partial charge in [-0.2, -0.15) is 0 Å². The van der Waals surface area contributed by atoms with Crippen LogP contribution in [-0.4, -0.2) is 20.8 Å². The zero-order valence-corrected chi connectivity index (χ0v) is 11.8. The van der Waals surface area contributed by atoms with Gasteiger partial charge in [-0.3, -0.25) is 4.98 Å². The number of hydrogen-bond acceptors (Lipinski definition) is 3. The molecule has 1 aromatic heterocycles. The molecule has 0 amide bonds. The molecule has 5 atom stereocenters. The SMILES string of the molecule is O[C@H]1c2cccnc2C[C@H]2[C@@H]1CC[C@H]1CCCC[C@]12O. The maximum absolute atomic E-state index is 11.3. The van der Waals surface area contributed by atoms with Crippen molar-refractivity contribution in [2.24, 2.45) is 17.8 Å². The van der Waals surface area contributed by atoms with E-state index in [-0.39, 0.29) is 11.8 Å². The van der Waals surface area contributed by atoms with Crippen molar-refractivity contribution < 1.29 is 10.2 Å². The van der Waals surface area contributed by atoms with E-state index in [0.717, 1.165) is 49.8 Å². The maximum atomic E-state index is 11.3. The summed E-state index contributed by atoms with van der Waals surface area (Å²) >= 11 is 0. The van der Waals surface area contributed by atoms with Crippen LogP contribution in [0.3, 0.4) is 0 Å². The highest BCUT2D eigenvalue weighted by atomic mass is 16.3. The molecule has 3 heteroatoms. The van der Waals surface area contributed by atoms with Gasteiger partial charge in [-0.05, 0) is 55.9 Å². The quantitative estimate of drug-likeness (QED) is 0.764. The number of fused-ring (bicyclic) bond motifs is 4. The molecule has 0 radical (unpaired) electrons. The van der Waals surface area contributed by atoms with Crippen LogP contribution in [0.25, 0.3) is 0 Å². The minimum absolute atomic E-state index is 0.193. The normalized spacial score (nSPS) is 43.3. The second-order valence-electron chi connectivity index (χ2n) is 6.97. The summed E-state index contributed by atoms with van der Waals surface area (Å²) in [5.41, 5.74) is 1.43. The van der Waals surface area contributed by atoms with E-state index < -0.39 is 11.7 Å². The van der Waals surface area contributed by atoms with Gasteiger partial charge in [0.05, 0.1) is 11.7 Å². The highest BCUT2D eigenvalue weighted by Gasteiger charge is 2.54. The molecule has 0 unspecified atom stereocenters. The lowest BCUT2D eigenvalue weighted by Gasteiger charge is -2.54. The van der Waals surface area contributed by atoms with Crippen molar-refractivity contribution in [2.75, 3.05) is 0 Å². The maximum Gasteiger partial charge on any atom is 0.0839 e. The van der Waals surface area contributed by atoms with Crippen molar-refractivity contribution in [1.82, 2.24) is 4.98 Å². The van der Waals surface area contributed by atoms with Crippen molar-refractivity contribution in [1.29, 1.82) is 0 Å². The van der Waals surface area contributed by atoms with Gasteiger partial charge in [0.15, 0.2) is 0 Å². The van der Waals surface area contributed by atoms with E-state index in [1.807, 2.05) is 12.1 Å². The van der Waals surface area contributed by atoms with E-state index >= 15 is 0 Å². The first-order valence-corrected chi connectivity index (χ1v) is 8.04. The Morgan fingerprint density at radius 3 is 3.00 bits per heavy atom. The third-order valence-electron chi connectivity index (χ3n) is 6.16. The molecule has 2 N–H and O–H groups in total. The van der Waals surface area contributed by atoms with Crippen molar-refractivity contribution in [3.05, 3.63) is 29.6 Å². The minimum Gasteiger partial charge on any atom is -0.389 e. The van der Waals surface area contributed by atoms with Gasteiger partial charge < -0.3 is 10.2 Å². The van der Waals surface area contributed by atoms with Gasteiger partial charge in [0.1, 0.15) is 0 Å². The zero-order valence-electron chi connectivity index (χ0n) is 11.8. The van der Waals surface area contributed by atoms with E-state index in [1.165, 1.54) is 6.42 Å². The Bertz CT molecular complexity index is 517. The Balaban J connectivity index is 1.74. The number of aromatic nitrogens is 1. The van der Waals surface area contributed by atoms with Crippen LogP contribution in [0, 0.1) is 17.8 Å². The molecule has 4 rings (SSSR count). The molecule has 3 aliphatic carbocycles. The molecule has 0 aliphatic heterocycles. The van der Waals surface area contributed by atoms with Crippen molar-refractivity contribution in [2.45, 2.75) is 56.7 Å². The van der Waals surface area contributed by atoms with E-state index in [2.05, 4.69) is 4.98 Å². The van der Waals surface area contributed by atoms with E-state index in [9.17, 15) is 10.2 Å². The summed E-state index contributed by atoms with van der Waals surface area (Å²) in [7, 11) is 0. The average molecular weight is 273 g/mol. The first-order valence-electron chi connectivity index (χ1n) is 8.04. The summed E-state index contributed by atoms with van der Waals surface area (Å²) in [4.78, 5) is 4.46. The summed E-state index contributed by atoms with van der Waals surface area (Å²) in [6.45, 7) is 0. The van der Waals surface area contributed by atoms with Gasteiger partial charge in [0, 0.05) is 17.5 Å². The smallest absolute Gasteiger partial charge is 0.0839 e. The van der Waals surface area contributed by atoms with E-state index in [4.69, 9.17) is 0 Å². The molecule has 108 valence electrons. The number of pyridine rings is 1. The zero-order chi connectivity index (χ0) is 13.7. The highest BCUT2D eigenvalue weighted by Crippen LogP contribution is 2.55. The minimum atomic E-state index is -0.558. The van der Waals surface area contributed by atoms with Gasteiger partial charge in [0.25, 0.3) is 0 Å². The Kier molecular flexibility index (Phi) is 2.90. The van der Waals surface area contributed by atoms with Crippen molar-refractivity contribution in [3.8, 4) is 0 Å². The number of aliphatic hydroxyl groups is 2. The first kappa shape index (κ1) is 12.8. The van der Waals surface area contributed by atoms with Crippen LogP contribution in [0.15, 0.2) is 18.3 Å².